The smallest absolute Gasteiger partial charge is 0.328 e. The number of thiazole rings is 1. The molecule has 0 aliphatic carbocycles. The van der Waals surface area contributed by atoms with Crippen LogP contribution in [0.1, 0.15) is 28.7 Å². The van der Waals surface area contributed by atoms with E-state index < -0.39 is 23.9 Å². The monoisotopic (exact) mass is 428 g/mol. The van der Waals surface area contributed by atoms with Crippen LogP contribution in [0.3, 0.4) is 0 Å². The molecule has 1 aliphatic heterocycles. The van der Waals surface area contributed by atoms with Gasteiger partial charge in [-0.15, -0.1) is 11.3 Å². The minimum atomic E-state index is -0.789. The van der Waals surface area contributed by atoms with E-state index in [1.165, 1.54) is 24.1 Å². The Morgan fingerprint density at radius 2 is 2.07 bits per heavy atom. The second kappa shape index (κ2) is 8.39. The van der Waals surface area contributed by atoms with E-state index in [1.807, 2.05) is 13.0 Å². The molecule has 1 amide bonds. The maximum Gasteiger partial charge on any atom is 0.328 e. The summed E-state index contributed by atoms with van der Waals surface area (Å²) in [6, 6.07) is 10.6. The van der Waals surface area contributed by atoms with Gasteiger partial charge in [-0.2, -0.15) is 0 Å². The number of carbonyl (C=O) groups excluding carboxylic acids is 2. The lowest BCUT2D eigenvalue weighted by atomic mass is 10.1. The van der Waals surface area contributed by atoms with Crippen molar-refractivity contribution >= 4 is 33.4 Å². The Morgan fingerprint density at radius 1 is 1.27 bits per heavy atom. The van der Waals surface area contributed by atoms with Crippen LogP contribution in [0.5, 0.6) is 5.75 Å². The van der Waals surface area contributed by atoms with Crippen molar-refractivity contribution in [1.82, 2.24) is 9.88 Å². The fraction of sp³-hybridized carbons (Fsp3) is 0.318. The van der Waals surface area contributed by atoms with Crippen LogP contribution in [-0.4, -0.2) is 47.6 Å². The molecule has 8 heteroatoms. The lowest BCUT2D eigenvalue weighted by molar-refractivity contribution is -0.145. The van der Waals surface area contributed by atoms with Gasteiger partial charge in [-0.05, 0) is 36.8 Å². The number of ether oxygens (including phenoxy) is 2. The van der Waals surface area contributed by atoms with Crippen molar-refractivity contribution in [2.45, 2.75) is 31.9 Å². The van der Waals surface area contributed by atoms with Gasteiger partial charge >= 0.3 is 5.97 Å². The van der Waals surface area contributed by atoms with Gasteiger partial charge < -0.3 is 14.4 Å². The summed E-state index contributed by atoms with van der Waals surface area (Å²) in [4.78, 5) is 31.5. The number of halogens is 1. The quantitative estimate of drug-likeness (QED) is 0.578. The van der Waals surface area contributed by atoms with Gasteiger partial charge in [-0.25, -0.2) is 14.2 Å². The molecule has 0 spiro atoms. The van der Waals surface area contributed by atoms with Gasteiger partial charge in [0.25, 0.3) is 5.91 Å². The normalized spacial score (nSPS) is 18.6. The Labute approximate surface area is 177 Å². The molecule has 1 aliphatic rings. The predicted octanol–water partition coefficient (Wildman–Crippen LogP) is 3.83. The van der Waals surface area contributed by atoms with Crippen LogP contribution < -0.4 is 4.74 Å². The molecule has 0 bridgehead atoms. The van der Waals surface area contributed by atoms with Crippen LogP contribution in [0.25, 0.3) is 10.2 Å². The summed E-state index contributed by atoms with van der Waals surface area (Å²) in [5, 5.41) is 1.00. The van der Waals surface area contributed by atoms with Crippen LogP contribution >= 0.6 is 11.3 Å². The summed E-state index contributed by atoms with van der Waals surface area (Å²) in [7, 11) is 1.28. The van der Waals surface area contributed by atoms with Crippen LogP contribution in [0.2, 0.25) is 0 Å². The molecular weight excluding hydrogens is 407 g/mol. The second-order valence-corrected chi connectivity index (χ2v) is 8.16. The van der Waals surface area contributed by atoms with Crippen molar-refractivity contribution in [1.29, 1.82) is 0 Å². The highest BCUT2D eigenvalue weighted by molar-refractivity contribution is 7.18. The van der Waals surface area contributed by atoms with Crippen LogP contribution in [0.15, 0.2) is 42.5 Å². The summed E-state index contributed by atoms with van der Waals surface area (Å²) in [5.74, 6) is -1.20. The third-order valence-electron chi connectivity index (χ3n) is 5.11. The number of aromatic nitrogens is 1. The SMILES string of the molecule is CCc1nc2ccc(C(=O)N3CC(Oc4ccccc4F)CC3C(=O)OC)cc2s1. The Kier molecular flexibility index (Phi) is 5.67. The Bertz CT molecular complexity index is 1100. The van der Waals surface area contributed by atoms with Crippen molar-refractivity contribution in [3.63, 3.8) is 0 Å². The molecule has 4 rings (SSSR count). The number of fused-ring (bicyclic) bond motifs is 1. The van der Waals surface area contributed by atoms with E-state index in [-0.39, 0.29) is 24.6 Å². The molecule has 0 N–H and O–H groups in total. The van der Waals surface area contributed by atoms with Gasteiger partial charge in [0.1, 0.15) is 12.1 Å². The number of nitrogens with zero attached hydrogens (tertiary/aromatic N) is 2. The minimum Gasteiger partial charge on any atom is -0.485 e. The number of hydrogen-bond donors (Lipinski definition) is 0. The van der Waals surface area contributed by atoms with Crippen LogP contribution in [0, 0.1) is 5.82 Å². The molecule has 1 aromatic heterocycles. The number of hydrogen-bond acceptors (Lipinski definition) is 6. The first-order valence-electron chi connectivity index (χ1n) is 9.69. The topological polar surface area (TPSA) is 68.7 Å². The van der Waals surface area contributed by atoms with Gasteiger partial charge in [0.05, 0.1) is 28.9 Å². The first-order chi connectivity index (χ1) is 14.5. The van der Waals surface area contributed by atoms with Gasteiger partial charge in [0.2, 0.25) is 0 Å². The molecule has 1 saturated heterocycles. The van der Waals surface area contributed by atoms with E-state index in [0.29, 0.717) is 5.56 Å². The number of benzene rings is 2. The van der Waals surface area contributed by atoms with Gasteiger partial charge in [-0.1, -0.05) is 19.1 Å². The number of para-hydroxylation sites is 1. The first-order valence-corrected chi connectivity index (χ1v) is 10.5. The third-order valence-corrected chi connectivity index (χ3v) is 6.27. The molecule has 6 nitrogen and oxygen atoms in total. The highest BCUT2D eigenvalue weighted by Crippen LogP contribution is 2.29. The lowest BCUT2D eigenvalue weighted by Gasteiger charge is -2.22. The van der Waals surface area contributed by atoms with Gasteiger partial charge in [0.15, 0.2) is 11.6 Å². The average Bonchev–Trinajstić information content (AvgIpc) is 3.37. The molecule has 2 aromatic carbocycles. The number of carbonyl (C=O) groups is 2. The maximum absolute atomic E-state index is 14.0. The largest absolute Gasteiger partial charge is 0.485 e. The first kappa shape index (κ1) is 20.3. The summed E-state index contributed by atoms with van der Waals surface area (Å²) >= 11 is 1.55. The van der Waals surface area contributed by atoms with Crippen molar-refractivity contribution in [2.24, 2.45) is 0 Å². The van der Waals surface area contributed by atoms with Gasteiger partial charge in [-0.3, -0.25) is 4.79 Å². The molecule has 2 atom stereocenters. The molecular formula is C22H21FN2O4S. The predicted molar refractivity (Wildman–Crippen MR) is 111 cm³/mol. The number of rotatable bonds is 5. The van der Waals surface area contributed by atoms with E-state index in [9.17, 15) is 14.0 Å². The fourth-order valence-corrected chi connectivity index (χ4v) is 4.56. The standard InChI is InChI=1S/C22H21FN2O4S/c1-3-20-24-16-9-8-13(10-19(16)30-20)21(26)25-12-14(11-17(25)22(27)28-2)29-18-7-5-4-6-15(18)23/h4-10,14,17H,3,11-12H2,1-2H3. The summed E-state index contributed by atoms with van der Waals surface area (Å²) in [6.45, 7) is 2.19. The number of aryl methyl sites for hydroxylation is 1. The molecule has 1 fully saturated rings. The van der Waals surface area contributed by atoms with Crippen molar-refractivity contribution < 1.29 is 23.5 Å². The molecule has 0 radical (unpaired) electrons. The Balaban J connectivity index is 1.59. The summed E-state index contributed by atoms with van der Waals surface area (Å²) < 4.78 is 25.5. The zero-order valence-electron chi connectivity index (χ0n) is 16.6. The lowest BCUT2D eigenvalue weighted by Crippen LogP contribution is -2.41. The van der Waals surface area contributed by atoms with E-state index in [0.717, 1.165) is 21.6 Å². The third kappa shape index (κ3) is 3.87. The molecule has 30 heavy (non-hydrogen) atoms. The van der Waals surface area contributed by atoms with Crippen LogP contribution in [0.4, 0.5) is 4.39 Å². The Hall–Kier alpha value is -3.00. The molecule has 3 aromatic rings. The number of esters is 1. The minimum absolute atomic E-state index is 0.0959. The number of methoxy groups -OCH3 is 1. The number of amides is 1. The summed E-state index contributed by atoms with van der Waals surface area (Å²) in [6.07, 6.45) is 0.540. The second-order valence-electron chi connectivity index (χ2n) is 7.05. The number of likely N-dealkylation sites (tertiary alicyclic amines) is 1. The van der Waals surface area contributed by atoms with Crippen molar-refractivity contribution in [3.05, 3.63) is 58.9 Å². The maximum atomic E-state index is 14.0. The Morgan fingerprint density at radius 3 is 2.80 bits per heavy atom. The van der Waals surface area contributed by atoms with Crippen molar-refractivity contribution in [2.75, 3.05) is 13.7 Å². The zero-order chi connectivity index (χ0) is 21.3. The van der Waals surface area contributed by atoms with E-state index >= 15 is 0 Å². The zero-order valence-corrected chi connectivity index (χ0v) is 17.4. The molecule has 2 unspecified atom stereocenters. The van der Waals surface area contributed by atoms with Crippen molar-refractivity contribution in [3.8, 4) is 5.75 Å². The highest BCUT2D eigenvalue weighted by Gasteiger charge is 2.42. The highest BCUT2D eigenvalue weighted by atomic mass is 32.1. The van der Waals surface area contributed by atoms with E-state index in [2.05, 4.69) is 4.98 Å². The van der Waals surface area contributed by atoms with Gasteiger partial charge in [0, 0.05) is 12.0 Å². The van der Waals surface area contributed by atoms with E-state index in [4.69, 9.17) is 9.47 Å². The molecule has 156 valence electrons. The molecule has 2 heterocycles. The van der Waals surface area contributed by atoms with Crippen LogP contribution in [-0.2, 0) is 16.0 Å². The average molecular weight is 428 g/mol. The van der Waals surface area contributed by atoms with E-state index in [1.54, 1.807) is 35.6 Å². The fourth-order valence-electron chi connectivity index (χ4n) is 3.61. The molecule has 0 saturated carbocycles. The summed E-state index contributed by atoms with van der Waals surface area (Å²) in [5.41, 5.74) is 1.31.